The zero-order valence-electron chi connectivity index (χ0n) is 18.8. The molecule has 0 saturated carbocycles. The van der Waals surface area contributed by atoms with Gasteiger partial charge in [0.05, 0.1) is 10.6 Å². The fourth-order valence-electron chi connectivity index (χ4n) is 4.54. The van der Waals surface area contributed by atoms with Gasteiger partial charge in [-0.3, -0.25) is 15.0 Å². The van der Waals surface area contributed by atoms with Gasteiger partial charge in [-0.2, -0.15) is 4.31 Å². The van der Waals surface area contributed by atoms with Crippen LogP contribution in [0.5, 0.6) is 0 Å². The van der Waals surface area contributed by atoms with E-state index in [1.54, 1.807) is 35.0 Å². The number of nitrogens with zero attached hydrogens (tertiary/aromatic N) is 4. The Kier molecular flexibility index (Phi) is 6.47. The number of sulfonamides is 1. The third kappa shape index (κ3) is 4.62. The molecule has 0 atom stereocenters. The van der Waals surface area contributed by atoms with E-state index in [2.05, 4.69) is 33.2 Å². The Morgan fingerprint density at radius 3 is 2.00 bits per heavy atom. The van der Waals surface area contributed by atoms with Crippen molar-refractivity contribution in [3.05, 3.63) is 108 Å². The molecule has 0 bridgehead atoms. The highest BCUT2D eigenvalue weighted by Gasteiger charge is 2.27. The molecule has 1 aliphatic heterocycles. The quantitative estimate of drug-likeness (QED) is 0.391. The van der Waals surface area contributed by atoms with E-state index in [9.17, 15) is 8.42 Å². The van der Waals surface area contributed by atoms with Gasteiger partial charge in [-0.25, -0.2) is 8.42 Å². The molecule has 0 unspecified atom stereocenters. The lowest BCUT2D eigenvalue weighted by molar-refractivity contribution is 0.477. The summed E-state index contributed by atoms with van der Waals surface area (Å²) in [6.07, 6.45) is 11.7. The predicted octanol–water partition coefficient (Wildman–Crippen LogP) is 4.70. The van der Waals surface area contributed by atoms with Crippen LogP contribution in [-0.2, 0) is 16.4 Å². The number of hydrogen-bond donors (Lipinski definition) is 0. The summed E-state index contributed by atoms with van der Waals surface area (Å²) in [5.74, 6) is 0.0696. The number of aromatic nitrogens is 3. The fraction of sp³-hybridized carbons (Fsp3) is 0.222. The van der Waals surface area contributed by atoms with Gasteiger partial charge in [-0.1, -0.05) is 30.3 Å². The molecule has 0 amide bonds. The first kappa shape index (κ1) is 22.4. The molecule has 172 valence electrons. The van der Waals surface area contributed by atoms with Crippen LogP contribution >= 0.6 is 0 Å². The summed E-state index contributed by atoms with van der Waals surface area (Å²) in [6.45, 7) is 1.19. The lowest BCUT2D eigenvalue weighted by Crippen LogP contribution is -2.27. The largest absolute Gasteiger partial charge is 0.264 e. The highest BCUT2D eigenvalue weighted by atomic mass is 32.2. The van der Waals surface area contributed by atoms with Gasteiger partial charge in [-0.15, -0.1) is 0 Å². The summed E-state index contributed by atoms with van der Waals surface area (Å²) in [4.78, 5) is 13.6. The smallest absolute Gasteiger partial charge is 0.243 e. The summed E-state index contributed by atoms with van der Waals surface area (Å²) in [5.41, 5.74) is 5.04. The van der Waals surface area contributed by atoms with E-state index in [0.717, 1.165) is 40.8 Å². The van der Waals surface area contributed by atoms with E-state index in [1.165, 1.54) is 0 Å². The van der Waals surface area contributed by atoms with E-state index in [-0.39, 0.29) is 5.92 Å². The Bertz CT molecular complexity index is 1300. The molecule has 0 N–H and O–H groups in total. The van der Waals surface area contributed by atoms with E-state index >= 15 is 0 Å². The van der Waals surface area contributed by atoms with Gasteiger partial charge in [0.2, 0.25) is 10.0 Å². The molecule has 1 saturated heterocycles. The first-order valence-electron chi connectivity index (χ1n) is 11.5. The van der Waals surface area contributed by atoms with Crippen molar-refractivity contribution in [3.63, 3.8) is 0 Å². The van der Waals surface area contributed by atoms with Crippen LogP contribution in [0.2, 0.25) is 0 Å². The average molecular weight is 471 g/mol. The monoisotopic (exact) mass is 470 g/mol. The average Bonchev–Trinajstić information content (AvgIpc) is 3.45. The van der Waals surface area contributed by atoms with Crippen molar-refractivity contribution in [2.45, 2.75) is 30.1 Å². The maximum atomic E-state index is 12.9. The van der Waals surface area contributed by atoms with Crippen LogP contribution in [0.25, 0.3) is 11.3 Å². The zero-order chi connectivity index (χ0) is 23.4. The lowest BCUT2D eigenvalue weighted by Gasteiger charge is -2.19. The van der Waals surface area contributed by atoms with Gasteiger partial charge in [0.1, 0.15) is 0 Å². The van der Waals surface area contributed by atoms with Crippen LogP contribution in [0.4, 0.5) is 0 Å². The van der Waals surface area contributed by atoms with Crippen LogP contribution in [0, 0.1) is 0 Å². The van der Waals surface area contributed by atoms with Gasteiger partial charge in [0.25, 0.3) is 0 Å². The van der Waals surface area contributed by atoms with Crippen molar-refractivity contribution >= 4 is 10.0 Å². The fourth-order valence-corrected chi connectivity index (χ4v) is 6.05. The Hall–Kier alpha value is -3.42. The highest BCUT2D eigenvalue weighted by molar-refractivity contribution is 7.89. The second-order valence-corrected chi connectivity index (χ2v) is 10.4. The summed E-state index contributed by atoms with van der Waals surface area (Å²) < 4.78 is 27.4. The molecule has 5 rings (SSSR count). The van der Waals surface area contributed by atoms with Crippen LogP contribution in [0.15, 0.2) is 96.5 Å². The van der Waals surface area contributed by atoms with Gasteiger partial charge in [-0.05, 0) is 66.3 Å². The molecule has 34 heavy (non-hydrogen) atoms. The SMILES string of the molecule is O=S(=O)(c1ccc(-c2ncccc2CC(c2cccnc2)c2cccnc2)cc1)N1CCCC1. The second kappa shape index (κ2) is 9.83. The molecule has 0 spiro atoms. The standard InChI is InChI=1S/C27H26N4O2S/c32-34(33,31-16-1-2-17-31)25-11-9-21(10-12-25)27-22(6-5-15-30-27)18-26(23-7-3-13-28-19-23)24-8-4-14-29-20-24/h3-15,19-20,26H,1-2,16-18H2. The van der Waals surface area contributed by atoms with Crippen molar-refractivity contribution in [2.75, 3.05) is 13.1 Å². The third-order valence-electron chi connectivity index (χ3n) is 6.32. The number of benzene rings is 1. The number of pyridine rings is 3. The molecule has 4 aromatic rings. The summed E-state index contributed by atoms with van der Waals surface area (Å²) in [7, 11) is -3.44. The second-order valence-electron chi connectivity index (χ2n) is 8.48. The van der Waals surface area contributed by atoms with Gasteiger partial charge in [0, 0.05) is 55.6 Å². The van der Waals surface area contributed by atoms with Crippen LogP contribution in [0.3, 0.4) is 0 Å². The van der Waals surface area contributed by atoms with Gasteiger partial charge >= 0.3 is 0 Å². The number of rotatable bonds is 7. The summed E-state index contributed by atoms with van der Waals surface area (Å²) in [5, 5.41) is 0. The first-order valence-corrected chi connectivity index (χ1v) is 12.9. The zero-order valence-corrected chi connectivity index (χ0v) is 19.6. The van der Waals surface area contributed by atoms with Crippen molar-refractivity contribution in [1.82, 2.24) is 19.3 Å². The van der Waals surface area contributed by atoms with Crippen molar-refractivity contribution in [3.8, 4) is 11.3 Å². The molecular formula is C27H26N4O2S. The topological polar surface area (TPSA) is 76.0 Å². The first-order chi connectivity index (χ1) is 16.6. The molecule has 1 aliphatic rings. The Morgan fingerprint density at radius 1 is 0.794 bits per heavy atom. The van der Waals surface area contributed by atoms with E-state index < -0.39 is 10.0 Å². The van der Waals surface area contributed by atoms with Crippen molar-refractivity contribution < 1.29 is 8.42 Å². The van der Waals surface area contributed by atoms with Crippen LogP contribution < -0.4 is 0 Å². The molecule has 1 fully saturated rings. The molecule has 0 aliphatic carbocycles. The Labute approximate surface area is 200 Å². The Balaban J connectivity index is 1.47. The summed E-state index contributed by atoms with van der Waals surface area (Å²) >= 11 is 0. The highest BCUT2D eigenvalue weighted by Crippen LogP contribution is 2.32. The van der Waals surface area contributed by atoms with Crippen molar-refractivity contribution in [2.24, 2.45) is 0 Å². The van der Waals surface area contributed by atoms with E-state index in [1.807, 2.05) is 42.7 Å². The molecule has 6 nitrogen and oxygen atoms in total. The van der Waals surface area contributed by atoms with E-state index in [0.29, 0.717) is 24.4 Å². The Morgan fingerprint density at radius 2 is 1.41 bits per heavy atom. The molecule has 3 aromatic heterocycles. The normalized spacial score (nSPS) is 14.5. The molecule has 0 radical (unpaired) electrons. The van der Waals surface area contributed by atoms with Crippen molar-refractivity contribution in [1.29, 1.82) is 0 Å². The summed E-state index contributed by atoms with van der Waals surface area (Å²) in [6, 6.07) is 19.2. The van der Waals surface area contributed by atoms with E-state index in [4.69, 9.17) is 0 Å². The molecule has 7 heteroatoms. The number of hydrogen-bond acceptors (Lipinski definition) is 5. The molecule has 1 aromatic carbocycles. The van der Waals surface area contributed by atoms with Crippen LogP contribution in [-0.4, -0.2) is 40.8 Å². The van der Waals surface area contributed by atoms with Gasteiger partial charge < -0.3 is 0 Å². The van der Waals surface area contributed by atoms with Gasteiger partial charge in [0.15, 0.2) is 0 Å². The minimum atomic E-state index is -3.44. The molecular weight excluding hydrogens is 444 g/mol. The third-order valence-corrected chi connectivity index (χ3v) is 8.23. The minimum Gasteiger partial charge on any atom is -0.264 e. The van der Waals surface area contributed by atoms with Crippen LogP contribution in [0.1, 0.15) is 35.4 Å². The minimum absolute atomic E-state index is 0.0696. The molecule has 4 heterocycles. The predicted molar refractivity (Wildman–Crippen MR) is 132 cm³/mol. The maximum Gasteiger partial charge on any atom is 0.243 e. The lowest BCUT2D eigenvalue weighted by atomic mass is 9.86. The maximum absolute atomic E-state index is 12.9.